The second kappa shape index (κ2) is 10.5. The minimum Gasteiger partial charge on any atom is -0.475 e. The lowest BCUT2D eigenvalue weighted by Gasteiger charge is -2.27. The monoisotopic (exact) mass is 448 g/mol. The zero-order chi connectivity index (χ0) is 22.4. The standard InChI is InChI=1S/C18H26N2O4.C2HF3O2/c21-18(19-8-14-2-1-5-23-14)16-12-24-17-11-20(10-15(16)17)9-13-3-6-22-7-4-13;3-2(4,5)1(6)7/h1-2,5,13,15-17H,3-4,6-12H2,(H,19,21);(H,6,7)/t15-,16+,17-;/m1./s1. The van der Waals surface area contributed by atoms with Gasteiger partial charge in [0.25, 0.3) is 0 Å². The molecular weight excluding hydrogens is 421 g/mol. The molecule has 1 amide bonds. The van der Waals surface area contributed by atoms with Gasteiger partial charge >= 0.3 is 12.1 Å². The Morgan fingerprint density at radius 3 is 2.55 bits per heavy atom. The third-order valence-electron chi connectivity index (χ3n) is 5.84. The molecular formula is C20H27F3N2O6. The summed E-state index contributed by atoms with van der Waals surface area (Å²) in [6.07, 6.45) is -0.940. The van der Waals surface area contributed by atoms with Crippen molar-refractivity contribution in [3.8, 4) is 0 Å². The Bertz CT molecular complexity index is 721. The van der Waals surface area contributed by atoms with Crippen LogP contribution in [0.3, 0.4) is 0 Å². The molecule has 1 aromatic rings. The number of carbonyl (C=O) groups excluding carboxylic acids is 1. The van der Waals surface area contributed by atoms with Crippen molar-refractivity contribution >= 4 is 11.9 Å². The van der Waals surface area contributed by atoms with Crippen LogP contribution in [0.25, 0.3) is 0 Å². The first-order valence-electron chi connectivity index (χ1n) is 10.3. The highest BCUT2D eigenvalue weighted by Crippen LogP contribution is 2.34. The van der Waals surface area contributed by atoms with Gasteiger partial charge < -0.3 is 29.2 Å². The van der Waals surface area contributed by atoms with Crippen molar-refractivity contribution in [2.75, 3.05) is 39.5 Å². The van der Waals surface area contributed by atoms with Crippen molar-refractivity contribution in [3.63, 3.8) is 0 Å². The first kappa shape index (κ1) is 23.6. The number of likely N-dealkylation sites (tertiary alicyclic amines) is 1. The lowest BCUT2D eigenvalue weighted by atomic mass is 9.92. The second-order valence-electron chi connectivity index (χ2n) is 8.02. The molecule has 3 aliphatic heterocycles. The fourth-order valence-corrected chi connectivity index (χ4v) is 4.23. The number of hydrogen-bond donors (Lipinski definition) is 2. The van der Waals surface area contributed by atoms with Crippen molar-refractivity contribution in [2.45, 2.75) is 31.7 Å². The molecule has 1 aromatic heterocycles. The third-order valence-corrected chi connectivity index (χ3v) is 5.84. The summed E-state index contributed by atoms with van der Waals surface area (Å²) in [5.41, 5.74) is 0. The number of nitrogens with one attached hydrogen (secondary N) is 1. The summed E-state index contributed by atoms with van der Waals surface area (Å²) in [6, 6.07) is 3.71. The molecule has 0 unspecified atom stereocenters. The number of rotatable bonds is 5. The molecule has 8 nitrogen and oxygen atoms in total. The van der Waals surface area contributed by atoms with Crippen LogP contribution in [0.4, 0.5) is 13.2 Å². The van der Waals surface area contributed by atoms with Crippen molar-refractivity contribution in [3.05, 3.63) is 24.2 Å². The molecule has 4 heterocycles. The summed E-state index contributed by atoms with van der Waals surface area (Å²) >= 11 is 0. The zero-order valence-corrected chi connectivity index (χ0v) is 17.0. The molecule has 174 valence electrons. The predicted octanol–water partition coefficient (Wildman–Crippen LogP) is 1.90. The van der Waals surface area contributed by atoms with Crippen LogP contribution in [0.1, 0.15) is 18.6 Å². The van der Waals surface area contributed by atoms with E-state index in [9.17, 15) is 18.0 Å². The molecule has 4 rings (SSSR count). The largest absolute Gasteiger partial charge is 0.490 e. The van der Waals surface area contributed by atoms with Crippen molar-refractivity contribution in [2.24, 2.45) is 17.8 Å². The average molecular weight is 448 g/mol. The summed E-state index contributed by atoms with van der Waals surface area (Å²) in [7, 11) is 0. The Kier molecular flexibility index (Phi) is 7.95. The molecule has 3 atom stereocenters. The van der Waals surface area contributed by atoms with Gasteiger partial charge in [-0.05, 0) is 30.9 Å². The molecule has 2 N–H and O–H groups in total. The molecule has 0 spiro atoms. The number of carboxylic acid groups (broad SMARTS) is 1. The number of nitrogens with zero attached hydrogens (tertiary/aromatic N) is 1. The van der Waals surface area contributed by atoms with E-state index < -0.39 is 12.1 Å². The van der Waals surface area contributed by atoms with Crippen LogP contribution >= 0.6 is 0 Å². The van der Waals surface area contributed by atoms with E-state index in [0.717, 1.165) is 57.4 Å². The van der Waals surface area contributed by atoms with E-state index in [1.54, 1.807) is 6.26 Å². The Hall–Kier alpha value is -2.11. The molecule has 0 radical (unpaired) electrons. The SMILES string of the molecule is O=C(NCc1ccco1)[C@H]1CO[C@@H]2CN(CC3CCOCC3)C[C@H]12.O=C(O)C(F)(F)F. The van der Waals surface area contributed by atoms with E-state index in [1.807, 2.05) is 12.1 Å². The first-order chi connectivity index (χ1) is 14.7. The molecule has 0 saturated carbocycles. The number of halogens is 3. The molecule has 11 heteroatoms. The number of hydrogen-bond acceptors (Lipinski definition) is 6. The van der Waals surface area contributed by atoms with E-state index in [-0.39, 0.29) is 17.9 Å². The van der Waals surface area contributed by atoms with Crippen LogP contribution in [0.2, 0.25) is 0 Å². The number of alkyl halides is 3. The minimum absolute atomic E-state index is 0.0374. The normalized spacial score (nSPS) is 26.7. The zero-order valence-electron chi connectivity index (χ0n) is 17.0. The number of carbonyl (C=O) groups is 2. The van der Waals surface area contributed by atoms with Gasteiger partial charge in [-0.1, -0.05) is 0 Å². The highest BCUT2D eigenvalue weighted by Gasteiger charge is 2.47. The minimum atomic E-state index is -5.08. The highest BCUT2D eigenvalue weighted by atomic mass is 19.4. The van der Waals surface area contributed by atoms with Gasteiger partial charge in [-0.25, -0.2) is 4.79 Å². The molecule has 31 heavy (non-hydrogen) atoms. The van der Waals surface area contributed by atoms with Gasteiger partial charge in [0.1, 0.15) is 5.76 Å². The van der Waals surface area contributed by atoms with E-state index in [1.165, 1.54) is 0 Å². The Balaban J connectivity index is 0.000000339. The predicted molar refractivity (Wildman–Crippen MR) is 101 cm³/mol. The Labute approximate surface area is 177 Å². The van der Waals surface area contributed by atoms with Gasteiger partial charge in [0.2, 0.25) is 5.91 Å². The Morgan fingerprint density at radius 2 is 1.94 bits per heavy atom. The van der Waals surface area contributed by atoms with Crippen molar-refractivity contribution in [1.29, 1.82) is 0 Å². The summed E-state index contributed by atoms with van der Waals surface area (Å²) in [6.45, 7) is 5.82. The lowest BCUT2D eigenvalue weighted by Crippen LogP contribution is -2.37. The number of furan rings is 1. The maximum absolute atomic E-state index is 12.5. The highest BCUT2D eigenvalue weighted by molar-refractivity contribution is 5.79. The van der Waals surface area contributed by atoms with Gasteiger partial charge in [-0.2, -0.15) is 13.2 Å². The van der Waals surface area contributed by atoms with E-state index in [0.29, 0.717) is 19.1 Å². The Morgan fingerprint density at radius 1 is 1.23 bits per heavy atom. The number of ether oxygens (including phenoxy) is 2. The lowest BCUT2D eigenvalue weighted by molar-refractivity contribution is -0.192. The van der Waals surface area contributed by atoms with Gasteiger partial charge in [0.05, 0.1) is 31.4 Å². The van der Waals surface area contributed by atoms with Crippen molar-refractivity contribution < 1.29 is 41.8 Å². The van der Waals surface area contributed by atoms with Crippen LogP contribution in [0.15, 0.2) is 22.8 Å². The number of carboxylic acids is 1. The smallest absolute Gasteiger partial charge is 0.475 e. The second-order valence-corrected chi connectivity index (χ2v) is 8.02. The van der Waals surface area contributed by atoms with E-state index in [4.69, 9.17) is 23.8 Å². The van der Waals surface area contributed by atoms with Crippen molar-refractivity contribution in [1.82, 2.24) is 10.2 Å². The summed E-state index contributed by atoms with van der Waals surface area (Å²) in [4.78, 5) is 23.9. The first-order valence-corrected chi connectivity index (χ1v) is 10.3. The van der Waals surface area contributed by atoms with Gasteiger partial charge in [-0.15, -0.1) is 0 Å². The van der Waals surface area contributed by atoms with Crippen LogP contribution in [0, 0.1) is 17.8 Å². The number of aliphatic carboxylic acids is 1. The quantitative estimate of drug-likeness (QED) is 0.710. The van der Waals surface area contributed by atoms with Gasteiger partial charge in [0, 0.05) is 38.8 Å². The van der Waals surface area contributed by atoms with Crippen LogP contribution in [-0.2, 0) is 25.6 Å². The van der Waals surface area contributed by atoms with Gasteiger partial charge in [-0.3, -0.25) is 4.79 Å². The van der Waals surface area contributed by atoms with E-state index in [2.05, 4.69) is 10.2 Å². The molecule has 3 saturated heterocycles. The molecule has 0 bridgehead atoms. The van der Waals surface area contributed by atoms with Crippen LogP contribution in [0.5, 0.6) is 0 Å². The average Bonchev–Trinajstić information content (AvgIpc) is 3.44. The maximum Gasteiger partial charge on any atom is 0.490 e. The summed E-state index contributed by atoms with van der Waals surface area (Å²) in [5.74, 6) is -0.874. The van der Waals surface area contributed by atoms with Crippen LogP contribution in [-0.4, -0.2) is 73.6 Å². The molecule has 0 aliphatic carbocycles. The third kappa shape index (κ3) is 6.68. The molecule has 0 aromatic carbocycles. The van der Waals surface area contributed by atoms with Gasteiger partial charge in [0.15, 0.2) is 0 Å². The number of amides is 1. The fraction of sp³-hybridized carbons (Fsp3) is 0.700. The van der Waals surface area contributed by atoms with E-state index >= 15 is 0 Å². The van der Waals surface area contributed by atoms with Crippen LogP contribution < -0.4 is 5.32 Å². The summed E-state index contributed by atoms with van der Waals surface area (Å²) < 4.78 is 48.4. The summed E-state index contributed by atoms with van der Waals surface area (Å²) in [5, 5.41) is 10.1. The number of fused-ring (bicyclic) bond motifs is 1. The topological polar surface area (TPSA) is 101 Å². The maximum atomic E-state index is 12.5. The molecule has 3 fully saturated rings. The fourth-order valence-electron chi connectivity index (χ4n) is 4.23. The molecule has 3 aliphatic rings.